The Hall–Kier alpha value is -1.34. The predicted molar refractivity (Wildman–Crippen MR) is 70.7 cm³/mol. The molecule has 2 N–H and O–H groups in total. The molecule has 0 bridgehead atoms. The lowest BCUT2D eigenvalue weighted by atomic mass is 10.0. The Labute approximate surface area is 118 Å². The Morgan fingerprint density at radius 1 is 1.35 bits per heavy atom. The quantitative estimate of drug-likeness (QED) is 0.664. The summed E-state index contributed by atoms with van der Waals surface area (Å²) in [5.74, 6) is -1.06. The molecule has 1 saturated carbocycles. The molecule has 114 valence electrons. The standard InChI is InChI=1S/C13H22N2O5/c1-14(2)4-3-5-20-8-13-6-9(11(16)17)15(12(18)19)10(13)7-13/h9-10H,3-8H2,1-2H3,(H,16,17)(H,18,19)/t9-,10-,13+/m0/s1. The number of piperidine rings is 1. The van der Waals surface area contributed by atoms with Crippen molar-refractivity contribution >= 4 is 12.1 Å². The number of fused-ring (bicyclic) bond motifs is 1. The molecule has 1 heterocycles. The van der Waals surface area contributed by atoms with E-state index in [-0.39, 0.29) is 11.5 Å². The highest BCUT2D eigenvalue weighted by molar-refractivity contribution is 5.81. The van der Waals surface area contributed by atoms with Crippen molar-refractivity contribution in [3.63, 3.8) is 0 Å². The molecule has 2 aliphatic rings. The predicted octanol–water partition coefficient (Wildman–Crippen LogP) is 0.550. The van der Waals surface area contributed by atoms with Crippen LogP contribution in [0.1, 0.15) is 19.3 Å². The minimum atomic E-state index is -1.14. The number of rotatable bonds is 7. The van der Waals surface area contributed by atoms with Crippen molar-refractivity contribution in [3.05, 3.63) is 0 Å². The number of hydrogen-bond acceptors (Lipinski definition) is 4. The van der Waals surface area contributed by atoms with E-state index in [4.69, 9.17) is 14.9 Å². The summed E-state index contributed by atoms with van der Waals surface area (Å²) in [4.78, 5) is 25.4. The Balaban J connectivity index is 1.82. The molecule has 2 fully saturated rings. The zero-order valence-corrected chi connectivity index (χ0v) is 11.9. The average Bonchev–Trinajstić information content (AvgIpc) is 2.92. The number of ether oxygens (including phenoxy) is 1. The lowest BCUT2D eigenvalue weighted by Gasteiger charge is -2.20. The zero-order valence-electron chi connectivity index (χ0n) is 11.9. The van der Waals surface area contributed by atoms with Gasteiger partial charge < -0.3 is 19.8 Å². The van der Waals surface area contributed by atoms with Crippen LogP contribution >= 0.6 is 0 Å². The molecule has 20 heavy (non-hydrogen) atoms. The van der Waals surface area contributed by atoms with Gasteiger partial charge in [0.15, 0.2) is 0 Å². The fourth-order valence-corrected chi connectivity index (χ4v) is 3.08. The SMILES string of the molecule is CN(C)CCCOC[C@@]12C[C@@H]1N(C(=O)O)[C@H](C(=O)O)C2. The molecule has 0 aromatic rings. The summed E-state index contributed by atoms with van der Waals surface area (Å²) in [5, 5.41) is 18.2. The van der Waals surface area contributed by atoms with E-state index in [0.29, 0.717) is 19.6 Å². The van der Waals surface area contributed by atoms with Crippen molar-refractivity contribution in [3.8, 4) is 0 Å². The van der Waals surface area contributed by atoms with Crippen LogP contribution in [0, 0.1) is 5.41 Å². The summed E-state index contributed by atoms with van der Waals surface area (Å²) in [6.07, 6.45) is 0.858. The second-order valence-electron chi connectivity index (χ2n) is 6.04. The molecule has 0 unspecified atom stereocenters. The highest BCUT2D eigenvalue weighted by Gasteiger charge is 2.67. The highest BCUT2D eigenvalue weighted by atomic mass is 16.5. The Bertz CT molecular complexity index is 400. The molecule has 0 aromatic carbocycles. The summed E-state index contributed by atoms with van der Waals surface area (Å²) >= 11 is 0. The Morgan fingerprint density at radius 3 is 2.55 bits per heavy atom. The summed E-state index contributed by atoms with van der Waals surface area (Å²) in [7, 11) is 3.99. The van der Waals surface area contributed by atoms with E-state index in [9.17, 15) is 9.59 Å². The topological polar surface area (TPSA) is 90.3 Å². The van der Waals surface area contributed by atoms with Gasteiger partial charge in [0.1, 0.15) is 6.04 Å². The molecule has 0 spiro atoms. The van der Waals surface area contributed by atoms with Crippen LogP contribution in [0.4, 0.5) is 4.79 Å². The summed E-state index contributed by atoms with van der Waals surface area (Å²) < 4.78 is 5.63. The third-order valence-electron chi connectivity index (χ3n) is 4.21. The van der Waals surface area contributed by atoms with Crippen LogP contribution in [0.3, 0.4) is 0 Å². The number of likely N-dealkylation sites (tertiary alicyclic amines) is 1. The van der Waals surface area contributed by atoms with Crippen molar-refractivity contribution in [2.45, 2.75) is 31.3 Å². The number of hydrogen-bond donors (Lipinski definition) is 2. The third-order valence-corrected chi connectivity index (χ3v) is 4.21. The van der Waals surface area contributed by atoms with E-state index < -0.39 is 18.1 Å². The Kier molecular flexibility index (Phi) is 4.19. The van der Waals surface area contributed by atoms with Gasteiger partial charge in [-0.2, -0.15) is 0 Å². The van der Waals surface area contributed by atoms with Crippen LogP contribution in [0.2, 0.25) is 0 Å². The van der Waals surface area contributed by atoms with E-state index in [1.165, 1.54) is 0 Å². The molecule has 1 aliphatic heterocycles. The Morgan fingerprint density at radius 2 is 2.05 bits per heavy atom. The fraction of sp³-hybridized carbons (Fsp3) is 0.846. The molecule has 3 atom stereocenters. The lowest BCUT2D eigenvalue weighted by molar-refractivity contribution is -0.142. The molecule has 1 aliphatic carbocycles. The second-order valence-corrected chi connectivity index (χ2v) is 6.04. The van der Waals surface area contributed by atoms with E-state index >= 15 is 0 Å². The maximum atomic E-state index is 11.2. The largest absolute Gasteiger partial charge is 0.480 e. The maximum Gasteiger partial charge on any atom is 0.408 e. The summed E-state index contributed by atoms with van der Waals surface area (Å²) in [5.41, 5.74) is -0.264. The van der Waals surface area contributed by atoms with E-state index in [2.05, 4.69) is 4.90 Å². The zero-order chi connectivity index (χ0) is 14.9. The van der Waals surface area contributed by atoms with Gasteiger partial charge in [-0.25, -0.2) is 9.59 Å². The first-order chi connectivity index (χ1) is 9.37. The summed E-state index contributed by atoms with van der Waals surface area (Å²) in [6, 6.07) is -1.11. The van der Waals surface area contributed by atoms with Crippen molar-refractivity contribution in [2.24, 2.45) is 5.41 Å². The highest BCUT2D eigenvalue weighted by Crippen LogP contribution is 2.59. The molecular weight excluding hydrogens is 264 g/mol. The van der Waals surface area contributed by atoms with Gasteiger partial charge >= 0.3 is 12.1 Å². The number of amides is 1. The first-order valence-electron chi connectivity index (χ1n) is 6.84. The first-order valence-corrected chi connectivity index (χ1v) is 6.84. The molecule has 0 aromatic heterocycles. The van der Waals surface area contributed by atoms with Gasteiger partial charge in [0.05, 0.1) is 6.61 Å². The van der Waals surface area contributed by atoms with Gasteiger partial charge in [-0.15, -0.1) is 0 Å². The number of carboxylic acid groups (broad SMARTS) is 2. The second kappa shape index (κ2) is 5.57. The van der Waals surface area contributed by atoms with Gasteiger partial charge in [0.25, 0.3) is 0 Å². The number of carbonyl (C=O) groups is 2. The van der Waals surface area contributed by atoms with Crippen molar-refractivity contribution in [2.75, 3.05) is 33.9 Å². The lowest BCUT2D eigenvalue weighted by Crippen LogP contribution is -2.42. The van der Waals surface area contributed by atoms with Crippen LogP contribution in [0.15, 0.2) is 0 Å². The smallest absolute Gasteiger partial charge is 0.408 e. The average molecular weight is 286 g/mol. The molecule has 1 amide bonds. The van der Waals surface area contributed by atoms with Gasteiger partial charge in [-0.05, 0) is 39.9 Å². The van der Waals surface area contributed by atoms with Gasteiger partial charge in [-0.3, -0.25) is 4.90 Å². The van der Waals surface area contributed by atoms with Crippen LogP contribution in [0.5, 0.6) is 0 Å². The van der Waals surface area contributed by atoms with E-state index in [1.807, 2.05) is 14.1 Å². The van der Waals surface area contributed by atoms with Crippen molar-refractivity contribution in [1.29, 1.82) is 0 Å². The molecule has 2 rings (SSSR count). The minimum Gasteiger partial charge on any atom is -0.480 e. The maximum absolute atomic E-state index is 11.2. The van der Waals surface area contributed by atoms with Crippen LogP contribution < -0.4 is 0 Å². The van der Waals surface area contributed by atoms with Crippen LogP contribution in [-0.2, 0) is 9.53 Å². The summed E-state index contributed by atoms with van der Waals surface area (Å²) in [6.45, 7) is 2.02. The number of carboxylic acids is 1. The first kappa shape index (κ1) is 15.1. The van der Waals surface area contributed by atoms with Crippen LogP contribution in [0.25, 0.3) is 0 Å². The van der Waals surface area contributed by atoms with Gasteiger partial charge in [0, 0.05) is 18.1 Å². The normalized spacial score (nSPS) is 31.4. The van der Waals surface area contributed by atoms with E-state index in [1.54, 1.807) is 0 Å². The van der Waals surface area contributed by atoms with Gasteiger partial charge in [-0.1, -0.05) is 0 Å². The molecule has 1 saturated heterocycles. The third kappa shape index (κ3) is 2.88. The molecule has 7 heteroatoms. The van der Waals surface area contributed by atoms with Crippen LogP contribution in [-0.4, -0.2) is 78.0 Å². The molecular formula is C13H22N2O5. The van der Waals surface area contributed by atoms with Crippen molar-refractivity contribution in [1.82, 2.24) is 9.80 Å². The molecule has 7 nitrogen and oxygen atoms in total. The number of aliphatic carboxylic acids is 1. The van der Waals surface area contributed by atoms with Gasteiger partial charge in [0.2, 0.25) is 0 Å². The monoisotopic (exact) mass is 286 g/mol. The number of nitrogens with zero attached hydrogens (tertiary/aromatic N) is 2. The molecule has 0 radical (unpaired) electrons. The van der Waals surface area contributed by atoms with E-state index in [0.717, 1.165) is 24.3 Å². The minimum absolute atomic E-state index is 0.185. The van der Waals surface area contributed by atoms with Crippen molar-refractivity contribution < 1.29 is 24.5 Å². The fourth-order valence-electron chi connectivity index (χ4n) is 3.08.